The number of aromatic hydroxyl groups is 1. The summed E-state index contributed by atoms with van der Waals surface area (Å²) in [5, 5.41) is 12.3. The minimum atomic E-state index is -0.348. The first kappa shape index (κ1) is 12.7. The predicted octanol–water partition coefficient (Wildman–Crippen LogP) is 3.35. The summed E-state index contributed by atoms with van der Waals surface area (Å²) in [5.41, 5.74) is 0.870. The Morgan fingerprint density at radius 2 is 2.00 bits per heavy atom. The topological polar surface area (TPSA) is 62.2 Å². The molecule has 0 aliphatic carbocycles. The van der Waals surface area contributed by atoms with Gasteiger partial charge in [-0.2, -0.15) is 0 Å². The highest BCUT2D eigenvalue weighted by molar-refractivity contribution is 6.32. The van der Waals surface area contributed by atoms with Crippen LogP contribution in [0.3, 0.4) is 0 Å². The normalized spacial score (nSPS) is 10.1. The van der Waals surface area contributed by atoms with Crippen molar-refractivity contribution in [1.82, 2.24) is 4.98 Å². The number of amides is 1. The standard InChI is InChI=1S/C12H8Cl2N2O2/c13-9-5-7(1-2-10(9)17)12(18)16-8-3-4-15-11(14)6-8/h1-6,17H,(H,15,16,18). The third-order valence-corrected chi connectivity index (χ3v) is 2.70. The van der Waals surface area contributed by atoms with Crippen LogP contribution in [0.25, 0.3) is 0 Å². The summed E-state index contributed by atoms with van der Waals surface area (Å²) in [6, 6.07) is 7.36. The lowest BCUT2D eigenvalue weighted by atomic mass is 10.2. The lowest BCUT2D eigenvalue weighted by Gasteiger charge is -2.06. The van der Waals surface area contributed by atoms with E-state index in [4.69, 9.17) is 23.2 Å². The summed E-state index contributed by atoms with van der Waals surface area (Å²) in [6.07, 6.45) is 1.49. The van der Waals surface area contributed by atoms with Crippen LogP contribution in [0.5, 0.6) is 5.75 Å². The lowest BCUT2D eigenvalue weighted by molar-refractivity contribution is 0.102. The Morgan fingerprint density at radius 1 is 1.22 bits per heavy atom. The van der Waals surface area contributed by atoms with Gasteiger partial charge < -0.3 is 10.4 Å². The molecule has 0 atom stereocenters. The molecule has 0 bridgehead atoms. The quantitative estimate of drug-likeness (QED) is 0.831. The van der Waals surface area contributed by atoms with Gasteiger partial charge in [0.15, 0.2) is 0 Å². The number of carbonyl (C=O) groups excluding carboxylic acids is 1. The second-order valence-corrected chi connectivity index (χ2v) is 4.28. The van der Waals surface area contributed by atoms with Gasteiger partial charge in [-0.15, -0.1) is 0 Å². The Labute approximate surface area is 113 Å². The fraction of sp³-hybridized carbons (Fsp3) is 0. The van der Waals surface area contributed by atoms with E-state index in [1.165, 1.54) is 30.5 Å². The zero-order valence-corrected chi connectivity index (χ0v) is 10.5. The first-order valence-electron chi connectivity index (χ1n) is 4.97. The first-order valence-corrected chi connectivity index (χ1v) is 5.73. The van der Waals surface area contributed by atoms with Gasteiger partial charge in [0.1, 0.15) is 10.9 Å². The maximum atomic E-state index is 11.9. The van der Waals surface area contributed by atoms with Crippen molar-refractivity contribution in [3.05, 3.63) is 52.3 Å². The van der Waals surface area contributed by atoms with Crippen LogP contribution >= 0.6 is 23.2 Å². The second kappa shape index (κ2) is 5.25. The summed E-state index contributed by atoms with van der Waals surface area (Å²) in [4.78, 5) is 15.7. The van der Waals surface area contributed by atoms with Crippen LogP contribution in [0.4, 0.5) is 5.69 Å². The van der Waals surface area contributed by atoms with Crippen LogP contribution < -0.4 is 5.32 Å². The fourth-order valence-electron chi connectivity index (χ4n) is 1.33. The molecule has 18 heavy (non-hydrogen) atoms. The molecular formula is C12H8Cl2N2O2. The van der Waals surface area contributed by atoms with Gasteiger partial charge in [-0.05, 0) is 30.3 Å². The average molecular weight is 283 g/mol. The Morgan fingerprint density at radius 3 is 2.67 bits per heavy atom. The molecule has 6 heteroatoms. The Bertz CT molecular complexity index is 602. The van der Waals surface area contributed by atoms with Crippen molar-refractivity contribution >= 4 is 34.8 Å². The van der Waals surface area contributed by atoms with Gasteiger partial charge in [0, 0.05) is 17.4 Å². The minimum Gasteiger partial charge on any atom is -0.506 e. The van der Waals surface area contributed by atoms with Crippen molar-refractivity contribution in [3.63, 3.8) is 0 Å². The van der Waals surface area contributed by atoms with E-state index in [9.17, 15) is 9.90 Å². The van der Waals surface area contributed by atoms with Crippen molar-refractivity contribution in [3.8, 4) is 5.75 Å². The van der Waals surface area contributed by atoms with E-state index in [0.29, 0.717) is 11.3 Å². The number of anilines is 1. The molecule has 1 aromatic carbocycles. The molecule has 1 heterocycles. The SMILES string of the molecule is O=C(Nc1ccnc(Cl)c1)c1ccc(O)c(Cl)c1. The zero-order chi connectivity index (χ0) is 13.1. The number of hydrogen-bond acceptors (Lipinski definition) is 3. The van der Waals surface area contributed by atoms with Gasteiger partial charge in [-0.3, -0.25) is 4.79 Å². The summed E-state index contributed by atoms with van der Waals surface area (Å²) in [5.74, 6) is -0.417. The molecular weight excluding hydrogens is 275 g/mol. The van der Waals surface area contributed by atoms with Gasteiger partial charge in [-0.1, -0.05) is 23.2 Å². The Balaban J connectivity index is 2.19. The zero-order valence-electron chi connectivity index (χ0n) is 9.02. The minimum absolute atomic E-state index is 0.0693. The van der Waals surface area contributed by atoms with Gasteiger partial charge >= 0.3 is 0 Å². The van der Waals surface area contributed by atoms with Gasteiger partial charge in [-0.25, -0.2) is 4.98 Å². The van der Waals surface area contributed by atoms with Crippen LogP contribution in [0.1, 0.15) is 10.4 Å². The van der Waals surface area contributed by atoms with E-state index in [2.05, 4.69) is 10.3 Å². The molecule has 0 unspecified atom stereocenters. The van der Waals surface area contributed by atoms with E-state index in [-0.39, 0.29) is 21.8 Å². The number of nitrogens with zero attached hydrogens (tertiary/aromatic N) is 1. The number of phenolic OH excluding ortho intramolecular Hbond substituents is 1. The van der Waals surface area contributed by atoms with Crippen molar-refractivity contribution in [2.45, 2.75) is 0 Å². The highest BCUT2D eigenvalue weighted by atomic mass is 35.5. The molecule has 92 valence electrons. The number of pyridine rings is 1. The maximum absolute atomic E-state index is 11.9. The molecule has 1 aromatic heterocycles. The molecule has 0 saturated heterocycles. The maximum Gasteiger partial charge on any atom is 0.255 e. The number of halogens is 2. The number of aromatic nitrogens is 1. The largest absolute Gasteiger partial charge is 0.506 e. The number of rotatable bonds is 2. The Hall–Kier alpha value is -1.78. The molecule has 0 aliphatic rings. The van der Waals surface area contributed by atoms with Gasteiger partial charge in [0.25, 0.3) is 5.91 Å². The monoisotopic (exact) mass is 282 g/mol. The van der Waals surface area contributed by atoms with Crippen molar-refractivity contribution in [1.29, 1.82) is 0 Å². The summed E-state index contributed by atoms with van der Waals surface area (Å²) >= 11 is 11.4. The second-order valence-electron chi connectivity index (χ2n) is 3.49. The molecule has 1 amide bonds. The molecule has 0 aliphatic heterocycles. The summed E-state index contributed by atoms with van der Waals surface area (Å²) in [6.45, 7) is 0. The molecule has 0 spiro atoms. The van der Waals surface area contributed by atoms with Crippen LogP contribution in [-0.4, -0.2) is 16.0 Å². The molecule has 2 N–H and O–H groups in total. The average Bonchev–Trinajstić information content (AvgIpc) is 2.32. The van der Waals surface area contributed by atoms with Crippen LogP contribution in [0, 0.1) is 0 Å². The van der Waals surface area contributed by atoms with E-state index in [1.807, 2.05) is 0 Å². The summed E-state index contributed by atoms with van der Waals surface area (Å²) in [7, 11) is 0. The summed E-state index contributed by atoms with van der Waals surface area (Å²) < 4.78 is 0. The van der Waals surface area contributed by atoms with Crippen molar-refractivity contribution in [2.24, 2.45) is 0 Å². The first-order chi connectivity index (χ1) is 8.56. The number of benzene rings is 1. The number of nitrogens with one attached hydrogen (secondary N) is 1. The van der Waals surface area contributed by atoms with Crippen LogP contribution in [0.15, 0.2) is 36.5 Å². The highest BCUT2D eigenvalue weighted by Gasteiger charge is 2.08. The molecule has 4 nitrogen and oxygen atoms in total. The predicted molar refractivity (Wildman–Crippen MR) is 70.3 cm³/mol. The number of carbonyl (C=O) groups is 1. The highest BCUT2D eigenvalue weighted by Crippen LogP contribution is 2.24. The molecule has 0 fully saturated rings. The van der Waals surface area contributed by atoms with Crippen molar-refractivity contribution < 1.29 is 9.90 Å². The van der Waals surface area contributed by atoms with E-state index in [1.54, 1.807) is 6.07 Å². The smallest absolute Gasteiger partial charge is 0.255 e. The third kappa shape index (κ3) is 2.91. The molecule has 0 radical (unpaired) electrons. The Kier molecular flexibility index (Phi) is 3.69. The lowest BCUT2D eigenvalue weighted by Crippen LogP contribution is -2.11. The van der Waals surface area contributed by atoms with Crippen LogP contribution in [0.2, 0.25) is 10.2 Å². The van der Waals surface area contributed by atoms with Gasteiger partial charge in [0.2, 0.25) is 0 Å². The van der Waals surface area contributed by atoms with E-state index >= 15 is 0 Å². The third-order valence-electron chi connectivity index (χ3n) is 2.19. The molecule has 0 saturated carbocycles. The fourth-order valence-corrected chi connectivity index (χ4v) is 1.69. The number of hydrogen-bond donors (Lipinski definition) is 2. The van der Waals surface area contributed by atoms with E-state index in [0.717, 1.165) is 0 Å². The molecule has 2 rings (SSSR count). The van der Waals surface area contributed by atoms with E-state index < -0.39 is 0 Å². The van der Waals surface area contributed by atoms with Gasteiger partial charge in [0.05, 0.1) is 5.02 Å². The van der Waals surface area contributed by atoms with Crippen molar-refractivity contribution in [2.75, 3.05) is 5.32 Å². The molecule has 2 aromatic rings. The number of phenols is 1. The van der Waals surface area contributed by atoms with Crippen LogP contribution in [-0.2, 0) is 0 Å².